The van der Waals surface area contributed by atoms with E-state index in [1.54, 1.807) is 6.20 Å². The van der Waals surface area contributed by atoms with Gasteiger partial charge in [0.05, 0.1) is 5.69 Å². The SMILES string of the molecule is Cc1nccc(C2CCCCN2)c1O. The number of nitrogens with zero attached hydrogens (tertiary/aromatic N) is 1. The van der Waals surface area contributed by atoms with E-state index in [2.05, 4.69) is 10.3 Å². The molecular formula is C11H16N2O. The zero-order valence-electron chi connectivity index (χ0n) is 8.45. The minimum absolute atomic E-state index is 0.311. The van der Waals surface area contributed by atoms with Crippen molar-refractivity contribution in [2.24, 2.45) is 0 Å². The van der Waals surface area contributed by atoms with Crippen molar-refractivity contribution in [2.75, 3.05) is 6.54 Å². The van der Waals surface area contributed by atoms with Crippen molar-refractivity contribution in [1.29, 1.82) is 0 Å². The van der Waals surface area contributed by atoms with E-state index in [1.807, 2.05) is 13.0 Å². The second-order valence-electron chi connectivity index (χ2n) is 3.84. The van der Waals surface area contributed by atoms with Gasteiger partial charge in [0.2, 0.25) is 0 Å². The molecule has 2 N–H and O–H groups in total. The maximum absolute atomic E-state index is 9.85. The number of aromatic nitrogens is 1. The Morgan fingerprint density at radius 1 is 1.50 bits per heavy atom. The highest BCUT2D eigenvalue weighted by molar-refractivity contribution is 5.37. The van der Waals surface area contributed by atoms with Crippen LogP contribution in [0.5, 0.6) is 5.75 Å². The highest BCUT2D eigenvalue weighted by Crippen LogP contribution is 2.30. The first-order chi connectivity index (χ1) is 6.79. The van der Waals surface area contributed by atoms with E-state index in [1.165, 1.54) is 12.8 Å². The van der Waals surface area contributed by atoms with Gasteiger partial charge in [-0.3, -0.25) is 4.98 Å². The largest absolute Gasteiger partial charge is 0.506 e. The van der Waals surface area contributed by atoms with E-state index >= 15 is 0 Å². The third-order valence-electron chi connectivity index (χ3n) is 2.82. The lowest BCUT2D eigenvalue weighted by Crippen LogP contribution is -2.26. The predicted octanol–water partition coefficient (Wildman–Crippen LogP) is 1.91. The number of aryl methyl sites for hydroxylation is 1. The third-order valence-corrected chi connectivity index (χ3v) is 2.82. The highest BCUT2D eigenvalue weighted by atomic mass is 16.3. The van der Waals surface area contributed by atoms with Crippen LogP contribution in [-0.4, -0.2) is 16.6 Å². The maximum Gasteiger partial charge on any atom is 0.141 e. The first-order valence-corrected chi connectivity index (χ1v) is 5.17. The average molecular weight is 192 g/mol. The number of nitrogens with one attached hydrogen (secondary N) is 1. The molecule has 2 heterocycles. The number of pyridine rings is 1. The lowest BCUT2D eigenvalue weighted by atomic mass is 9.97. The van der Waals surface area contributed by atoms with E-state index in [-0.39, 0.29) is 0 Å². The molecule has 3 nitrogen and oxygen atoms in total. The fourth-order valence-electron chi connectivity index (χ4n) is 1.98. The average Bonchev–Trinajstić information content (AvgIpc) is 2.23. The van der Waals surface area contributed by atoms with E-state index in [4.69, 9.17) is 0 Å². The summed E-state index contributed by atoms with van der Waals surface area (Å²) in [5, 5.41) is 13.3. The molecule has 1 aromatic heterocycles. The summed E-state index contributed by atoms with van der Waals surface area (Å²) in [6.07, 6.45) is 5.34. The molecule has 3 heteroatoms. The molecule has 0 aliphatic carbocycles. The van der Waals surface area contributed by atoms with Crippen LogP contribution >= 0.6 is 0 Å². The molecule has 14 heavy (non-hydrogen) atoms. The van der Waals surface area contributed by atoms with E-state index in [9.17, 15) is 5.11 Å². The Bertz CT molecular complexity index is 319. The summed E-state index contributed by atoms with van der Waals surface area (Å²) in [6, 6.07) is 2.22. The Morgan fingerprint density at radius 3 is 3.07 bits per heavy atom. The molecule has 1 aromatic rings. The number of rotatable bonds is 1. The fraction of sp³-hybridized carbons (Fsp3) is 0.545. The Balaban J connectivity index is 2.26. The van der Waals surface area contributed by atoms with Gasteiger partial charge >= 0.3 is 0 Å². The Morgan fingerprint density at radius 2 is 2.36 bits per heavy atom. The molecule has 76 valence electrons. The van der Waals surface area contributed by atoms with Crippen LogP contribution in [0.3, 0.4) is 0 Å². The van der Waals surface area contributed by atoms with Crippen LogP contribution in [0.2, 0.25) is 0 Å². The standard InChI is InChI=1S/C11H16N2O/c1-8-11(14)9(5-7-12-8)10-4-2-3-6-13-10/h5,7,10,13-14H,2-4,6H2,1H3. The van der Waals surface area contributed by atoms with E-state index in [0.717, 1.165) is 24.2 Å². The number of piperidine rings is 1. The smallest absolute Gasteiger partial charge is 0.141 e. The molecule has 1 aliphatic rings. The van der Waals surface area contributed by atoms with Crippen LogP contribution in [-0.2, 0) is 0 Å². The molecular weight excluding hydrogens is 176 g/mol. The summed E-state index contributed by atoms with van der Waals surface area (Å²) >= 11 is 0. The minimum Gasteiger partial charge on any atom is -0.506 e. The first kappa shape index (κ1) is 9.46. The van der Waals surface area contributed by atoms with Gasteiger partial charge in [0.1, 0.15) is 5.75 Å². The molecule has 2 rings (SSSR count). The van der Waals surface area contributed by atoms with Gasteiger partial charge in [-0.1, -0.05) is 6.42 Å². The van der Waals surface area contributed by atoms with Crippen LogP contribution in [0.15, 0.2) is 12.3 Å². The van der Waals surface area contributed by atoms with Crippen molar-refractivity contribution in [2.45, 2.75) is 32.2 Å². The summed E-state index contributed by atoms with van der Waals surface area (Å²) in [5.74, 6) is 0.354. The van der Waals surface area contributed by atoms with Crippen molar-refractivity contribution < 1.29 is 5.11 Å². The van der Waals surface area contributed by atoms with Crippen LogP contribution in [0.25, 0.3) is 0 Å². The van der Waals surface area contributed by atoms with Gasteiger partial charge < -0.3 is 10.4 Å². The van der Waals surface area contributed by atoms with Crippen molar-refractivity contribution in [3.8, 4) is 5.75 Å². The molecule has 1 aliphatic heterocycles. The molecule has 1 fully saturated rings. The molecule has 0 saturated carbocycles. The Hall–Kier alpha value is -1.09. The van der Waals surface area contributed by atoms with Gasteiger partial charge in [-0.15, -0.1) is 0 Å². The molecule has 0 radical (unpaired) electrons. The third kappa shape index (κ3) is 1.73. The summed E-state index contributed by atoms with van der Waals surface area (Å²) < 4.78 is 0. The molecule has 1 atom stereocenters. The maximum atomic E-state index is 9.85. The van der Waals surface area contributed by atoms with Crippen molar-refractivity contribution in [3.05, 3.63) is 23.5 Å². The molecule has 1 unspecified atom stereocenters. The van der Waals surface area contributed by atoms with Crippen molar-refractivity contribution in [3.63, 3.8) is 0 Å². The molecule has 0 aromatic carbocycles. The monoisotopic (exact) mass is 192 g/mol. The van der Waals surface area contributed by atoms with Crippen molar-refractivity contribution in [1.82, 2.24) is 10.3 Å². The molecule has 0 spiro atoms. The summed E-state index contributed by atoms with van der Waals surface area (Å²) in [4.78, 5) is 4.06. The van der Waals surface area contributed by atoms with Gasteiger partial charge in [0.25, 0.3) is 0 Å². The lowest BCUT2D eigenvalue weighted by molar-refractivity contribution is 0.388. The highest BCUT2D eigenvalue weighted by Gasteiger charge is 2.18. The molecule has 0 amide bonds. The quantitative estimate of drug-likeness (QED) is 0.714. The number of hydrogen-bond donors (Lipinski definition) is 2. The second kappa shape index (κ2) is 3.96. The van der Waals surface area contributed by atoms with Gasteiger partial charge in [0, 0.05) is 17.8 Å². The minimum atomic E-state index is 0.311. The normalized spacial score (nSPS) is 22.2. The zero-order valence-corrected chi connectivity index (χ0v) is 8.45. The lowest BCUT2D eigenvalue weighted by Gasteiger charge is -2.24. The van der Waals surface area contributed by atoms with Gasteiger partial charge in [-0.25, -0.2) is 0 Å². The number of hydrogen-bond acceptors (Lipinski definition) is 3. The Kier molecular flexibility index (Phi) is 2.68. The van der Waals surface area contributed by atoms with Crippen molar-refractivity contribution >= 4 is 0 Å². The topological polar surface area (TPSA) is 45.2 Å². The van der Waals surface area contributed by atoms with Gasteiger partial charge in [-0.2, -0.15) is 0 Å². The predicted molar refractivity (Wildman–Crippen MR) is 55.2 cm³/mol. The zero-order chi connectivity index (χ0) is 9.97. The van der Waals surface area contributed by atoms with E-state index in [0.29, 0.717) is 11.8 Å². The van der Waals surface area contributed by atoms with Crippen LogP contribution in [0.4, 0.5) is 0 Å². The van der Waals surface area contributed by atoms with Crippen LogP contribution < -0.4 is 5.32 Å². The van der Waals surface area contributed by atoms with Crippen LogP contribution in [0, 0.1) is 6.92 Å². The fourth-order valence-corrected chi connectivity index (χ4v) is 1.98. The van der Waals surface area contributed by atoms with Gasteiger partial charge in [0.15, 0.2) is 0 Å². The van der Waals surface area contributed by atoms with Crippen LogP contribution in [0.1, 0.15) is 36.6 Å². The summed E-state index contributed by atoms with van der Waals surface area (Å²) in [6.45, 7) is 2.88. The Labute approximate surface area is 84.2 Å². The molecule has 1 saturated heterocycles. The van der Waals surface area contributed by atoms with Gasteiger partial charge in [-0.05, 0) is 32.4 Å². The number of aromatic hydroxyl groups is 1. The summed E-state index contributed by atoms with van der Waals surface area (Å²) in [5.41, 5.74) is 1.71. The molecule has 0 bridgehead atoms. The summed E-state index contributed by atoms with van der Waals surface area (Å²) in [7, 11) is 0. The van der Waals surface area contributed by atoms with E-state index < -0.39 is 0 Å². The first-order valence-electron chi connectivity index (χ1n) is 5.17. The second-order valence-corrected chi connectivity index (χ2v) is 3.84.